The van der Waals surface area contributed by atoms with E-state index in [9.17, 15) is 4.79 Å². The Labute approximate surface area is 119 Å². The molecule has 20 heavy (non-hydrogen) atoms. The lowest BCUT2D eigenvalue weighted by atomic mass is 9.72. The predicted octanol–water partition coefficient (Wildman–Crippen LogP) is 2.96. The minimum Gasteiger partial charge on any atom is -0.346 e. The first-order chi connectivity index (χ1) is 9.69. The largest absolute Gasteiger partial charge is 0.346 e. The Morgan fingerprint density at radius 3 is 3.10 bits per heavy atom. The second kappa shape index (κ2) is 4.15. The van der Waals surface area contributed by atoms with Crippen LogP contribution in [-0.4, -0.2) is 18.0 Å². The van der Waals surface area contributed by atoms with E-state index in [2.05, 4.69) is 18.2 Å². The van der Waals surface area contributed by atoms with Gasteiger partial charge in [-0.05, 0) is 25.3 Å². The molecule has 3 aliphatic rings. The van der Waals surface area contributed by atoms with Gasteiger partial charge in [-0.15, -0.1) is 0 Å². The van der Waals surface area contributed by atoms with Gasteiger partial charge in [-0.25, -0.2) is 0 Å². The molecule has 1 spiro atoms. The minimum atomic E-state index is -0.686. The predicted molar refractivity (Wildman–Crippen MR) is 74.2 cm³/mol. The Balaban J connectivity index is 1.87. The lowest BCUT2D eigenvalue weighted by Gasteiger charge is -2.43. The highest BCUT2D eigenvalue weighted by Crippen LogP contribution is 2.58. The summed E-state index contributed by atoms with van der Waals surface area (Å²) >= 11 is 0. The molecule has 3 heteroatoms. The molecular formula is C17H20O3. The SMILES string of the molecule is CCO[C@]12C[C@H]3C(=O)CCC[C@@]3(Cc3ccccc31)O2. The number of benzene rings is 1. The van der Waals surface area contributed by atoms with Gasteiger partial charge < -0.3 is 9.47 Å². The van der Waals surface area contributed by atoms with E-state index in [-0.39, 0.29) is 11.5 Å². The maximum Gasteiger partial charge on any atom is 0.196 e. The average Bonchev–Trinajstić information content (AvgIpc) is 2.71. The molecule has 0 amide bonds. The molecule has 2 aliphatic heterocycles. The summed E-state index contributed by atoms with van der Waals surface area (Å²) in [7, 11) is 0. The van der Waals surface area contributed by atoms with Gasteiger partial charge in [-0.1, -0.05) is 24.3 Å². The van der Waals surface area contributed by atoms with E-state index in [0.717, 1.165) is 24.8 Å². The molecule has 0 aromatic heterocycles. The van der Waals surface area contributed by atoms with Crippen molar-refractivity contribution in [3.63, 3.8) is 0 Å². The summed E-state index contributed by atoms with van der Waals surface area (Å²) < 4.78 is 12.5. The number of ketones is 1. The number of hydrogen-bond acceptors (Lipinski definition) is 3. The Hall–Kier alpha value is -1.19. The summed E-state index contributed by atoms with van der Waals surface area (Å²) in [6.07, 6.45) is 4.17. The van der Waals surface area contributed by atoms with Crippen LogP contribution >= 0.6 is 0 Å². The summed E-state index contributed by atoms with van der Waals surface area (Å²) in [5, 5.41) is 0. The van der Waals surface area contributed by atoms with Crippen molar-refractivity contribution in [2.45, 2.75) is 50.4 Å². The van der Waals surface area contributed by atoms with Crippen molar-refractivity contribution in [3.8, 4) is 0 Å². The molecular weight excluding hydrogens is 252 g/mol. The Kier molecular flexibility index (Phi) is 2.60. The van der Waals surface area contributed by atoms with E-state index >= 15 is 0 Å². The zero-order valence-electron chi connectivity index (χ0n) is 11.9. The molecule has 0 radical (unpaired) electrons. The zero-order valence-corrected chi connectivity index (χ0v) is 11.9. The number of ether oxygens (including phenoxy) is 2. The first-order valence-corrected chi connectivity index (χ1v) is 7.64. The van der Waals surface area contributed by atoms with E-state index in [4.69, 9.17) is 9.47 Å². The maximum absolute atomic E-state index is 12.4. The molecule has 3 nitrogen and oxygen atoms in total. The Morgan fingerprint density at radius 1 is 1.40 bits per heavy atom. The van der Waals surface area contributed by atoms with E-state index in [1.165, 1.54) is 5.56 Å². The van der Waals surface area contributed by atoms with Crippen LogP contribution in [0, 0.1) is 5.92 Å². The van der Waals surface area contributed by atoms with Crippen LogP contribution in [0.2, 0.25) is 0 Å². The molecule has 2 fully saturated rings. The van der Waals surface area contributed by atoms with Gasteiger partial charge in [0, 0.05) is 31.4 Å². The standard InChI is InChI=1S/C17H20O3/c1-2-19-17-11-14-15(18)8-5-9-16(14,20-17)10-12-6-3-4-7-13(12)17/h3-4,6-7,14H,2,5,8-11H2,1H3/t14-,16-,17-/m0/s1. The highest BCUT2D eigenvalue weighted by molar-refractivity contribution is 5.84. The quantitative estimate of drug-likeness (QED) is 0.830. The van der Waals surface area contributed by atoms with Crippen molar-refractivity contribution < 1.29 is 14.3 Å². The molecule has 1 saturated heterocycles. The number of carbonyl (C=O) groups excluding carboxylic acids is 1. The molecule has 1 aromatic rings. The molecule has 1 aliphatic carbocycles. The van der Waals surface area contributed by atoms with Crippen LogP contribution in [0.5, 0.6) is 0 Å². The van der Waals surface area contributed by atoms with Gasteiger partial charge in [0.05, 0.1) is 11.5 Å². The molecule has 2 bridgehead atoms. The van der Waals surface area contributed by atoms with Crippen molar-refractivity contribution in [2.24, 2.45) is 5.92 Å². The van der Waals surface area contributed by atoms with Gasteiger partial charge >= 0.3 is 0 Å². The third-order valence-electron chi connectivity index (χ3n) is 5.18. The third-order valence-corrected chi connectivity index (χ3v) is 5.18. The van der Waals surface area contributed by atoms with Gasteiger partial charge in [0.2, 0.25) is 0 Å². The van der Waals surface area contributed by atoms with Crippen LogP contribution in [0.25, 0.3) is 0 Å². The lowest BCUT2D eigenvalue weighted by Crippen LogP contribution is -2.48. The maximum atomic E-state index is 12.4. The second-order valence-corrected chi connectivity index (χ2v) is 6.26. The van der Waals surface area contributed by atoms with E-state index < -0.39 is 5.79 Å². The fourth-order valence-corrected chi connectivity index (χ4v) is 4.44. The van der Waals surface area contributed by atoms with Gasteiger partial charge in [0.15, 0.2) is 5.79 Å². The normalized spacial score (nSPS) is 38.5. The number of hydrogen-bond donors (Lipinski definition) is 0. The van der Waals surface area contributed by atoms with E-state index in [1.54, 1.807) is 0 Å². The van der Waals surface area contributed by atoms with Crippen LogP contribution < -0.4 is 0 Å². The highest BCUT2D eigenvalue weighted by Gasteiger charge is 2.63. The van der Waals surface area contributed by atoms with Crippen LogP contribution in [-0.2, 0) is 26.5 Å². The monoisotopic (exact) mass is 272 g/mol. The Morgan fingerprint density at radius 2 is 2.25 bits per heavy atom. The molecule has 4 rings (SSSR count). The highest BCUT2D eigenvalue weighted by atomic mass is 16.7. The van der Waals surface area contributed by atoms with Crippen molar-refractivity contribution in [1.82, 2.24) is 0 Å². The van der Waals surface area contributed by atoms with Gasteiger partial charge in [-0.2, -0.15) is 0 Å². The van der Waals surface area contributed by atoms with Crippen LogP contribution in [0.4, 0.5) is 0 Å². The fourth-order valence-electron chi connectivity index (χ4n) is 4.44. The van der Waals surface area contributed by atoms with Gasteiger partial charge in [-0.3, -0.25) is 4.79 Å². The van der Waals surface area contributed by atoms with Crippen molar-refractivity contribution in [3.05, 3.63) is 35.4 Å². The summed E-state index contributed by atoms with van der Waals surface area (Å²) in [5.41, 5.74) is 2.12. The van der Waals surface area contributed by atoms with E-state index in [0.29, 0.717) is 25.2 Å². The minimum absolute atomic E-state index is 0.00944. The topological polar surface area (TPSA) is 35.5 Å². The fraction of sp³-hybridized carbons (Fsp3) is 0.588. The summed E-state index contributed by atoms with van der Waals surface area (Å²) in [4.78, 5) is 12.4. The third kappa shape index (κ3) is 1.51. The summed E-state index contributed by atoms with van der Waals surface area (Å²) in [5.74, 6) is -0.310. The van der Waals surface area contributed by atoms with Crippen molar-refractivity contribution in [2.75, 3.05) is 6.61 Å². The molecule has 106 valence electrons. The average molecular weight is 272 g/mol. The smallest absolute Gasteiger partial charge is 0.196 e. The van der Waals surface area contributed by atoms with Crippen molar-refractivity contribution >= 4 is 5.78 Å². The molecule has 1 saturated carbocycles. The lowest BCUT2D eigenvalue weighted by molar-refractivity contribution is -0.270. The summed E-state index contributed by atoms with van der Waals surface area (Å²) in [6, 6.07) is 8.36. The summed E-state index contributed by atoms with van der Waals surface area (Å²) in [6.45, 7) is 2.59. The van der Waals surface area contributed by atoms with Gasteiger partial charge in [0.1, 0.15) is 5.78 Å². The number of rotatable bonds is 2. The Bertz CT molecular complexity index is 567. The van der Waals surface area contributed by atoms with Gasteiger partial charge in [0.25, 0.3) is 0 Å². The van der Waals surface area contributed by atoms with Crippen molar-refractivity contribution in [1.29, 1.82) is 0 Å². The second-order valence-electron chi connectivity index (χ2n) is 6.26. The number of carbonyl (C=O) groups is 1. The van der Waals surface area contributed by atoms with Crippen LogP contribution in [0.3, 0.4) is 0 Å². The molecule has 1 aromatic carbocycles. The first kappa shape index (κ1) is 12.5. The molecule has 0 unspecified atom stereocenters. The number of Topliss-reactive ketones (excluding diaryl/α,β-unsaturated/α-hetero) is 1. The van der Waals surface area contributed by atoms with E-state index in [1.807, 2.05) is 13.0 Å². The first-order valence-electron chi connectivity index (χ1n) is 7.64. The molecule has 2 heterocycles. The molecule has 0 N–H and O–H groups in total. The van der Waals surface area contributed by atoms with Crippen LogP contribution in [0.15, 0.2) is 24.3 Å². The number of fused-ring (bicyclic) bond motifs is 3. The zero-order chi connectivity index (χ0) is 13.8. The molecule has 3 atom stereocenters. The van der Waals surface area contributed by atoms with Crippen LogP contribution in [0.1, 0.15) is 43.7 Å².